The second kappa shape index (κ2) is 12.0. The van der Waals surface area contributed by atoms with E-state index in [2.05, 4.69) is 9.62 Å². The van der Waals surface area contributed by atoms with E-state index in [1.54, 1.807) is 18.2 Å². The number of carbonyl (C=O) groups is 1. The second-order valence-corrected chi connectivity index (χ2v) is 14.5. The maximum absolute atomic E-state index is 13.3. The van der Waals surface area contributed by atoms with Crippen LogP contribution in [0.3, 0.4) is 0 Å². The molecule has 6 rings (SSSR count). The van der Waals surface area contributed by atoms with Crippen LogP contribution in [0.4, 0.5) is 5.69 Å². The van der Waals surface area contributed by atoms with E-state index in [1.807, 2.05) is 30.4 Å². The third-order valence-electron chi connectivity index (χ3n) is 9.35. The summed E-state index contributed by atoms with van der Waals surface area (Å²) >= 11 is 6.30. The lowest BCUT2D eigenvalue weighted by Crippen LogP contribution is -2.43. The smallest absolute Gasteiger partial charge is 0.264 e. The highest BCUT2D eigenvalue weighted by atomic mass is 35.5. The molecule has 4 aliphatic rings. The third-order valence-corrected chi connectivity index (χ3v) is 10.9. The zero-order valence-electron chi connectivity index (χ0n) is 23.3. The highest BCUT2D eigenvalue weighted by molar-refractivity contribution is 7.90. The number of halogens is 1. The number of anilines is 1. The van der Waals surface area contributed by atoms with Gasteiger partial charge in [0.15, 0.2) is 0 Å². The predicted octanol–water partition coefficient (Wildman–Crippen LogP) is 5.49. The van der Waals surface area contributed by atoms with Gasteiger partial charge in [-0.2, -0.15) is 0 Å². The van der Waals surface area contributed by atoms with E-state index in [4.69, 9.17) is 16.3 Å². The van der Waals surface area contributed by atoms with Gasteiger partial charge in [-0.25, -0.2) is 13.1 Å². The highest BCUT2D eigenvalue weighted by Crippen LogP contribution is 2.42. The second-order valence-electron chi connectivity index (χ2n) is 12.3. The number of aliphatic hydroxyl groups is 1. The Morgan fingerprint density at radius 2 is 1.80 bits per heavy atom. The van der Waals surface area contributed by atoms with Crippen molar-refractivity contribution in [2.24, 2.45) is 23.7 Å². The van der Waals surface area contributed by atoms with E-state index < -0.39 is 22.0 Å². The van der Waals surface area contributed by atoms with Gasteiger partial charge in [-0.15, -0.1) is 0 Å². The number of nitrogens with one attached hydrogen (secondary N) is 1. The Balaban J connectivity index is 1.36. The Labute approximate surface area is 248 Å². The molecule has 2 aromatic rings. The Morgan fingerprint density at radius 1 is 0.976 bits per heavy atom. The van der Waals surface area contributed by atoms with Crippen LogP contribution in [0.1, 0.15) is 66.4 Å². The van der Waals surface area contributed by atoms with Gasteiger partial charge in [0.25, 0.3) is 5.91 Å². The van der Waals surface area contributed by atoms with Crippen LogP contribution >= 0.6 is 11.6 Å². The number of amides is 1. The topological polar surface area (TPSA) is 95.9 Å². The van der Waals surface area contributed by atoms with Crippen molar-refractivity contribution in [3.8, 4) is 5.75 Å². The largest absolute Gasteiger partial charge is 0.487 e. The summed E-state index contributed by atoms with van der Waals surface area (Å²) in [5, 5.41) is 11.8. The van der Waals surface area contributed by atoms with Crippen LogP contribution in [0, 0.1) is 23.7 Å². The minimum atomic E-state index is -3.84. The van der Waals surface area contributed by atoms with Crippen LogP contribution < -0.4 is 14.4 Å². The highest BCUT2D eigenvalue weighted by Gasteiger charge is 2.38. The van der Waals surface area contributed by atoms with Crippen LogP contribution in [0.2, 0.25) is 5.02 Å². The number of ether oxygens (including phenoxy) is 1. The van der Waals surface area contributed by atoms with Crippen molar-refractivity contribution >= 4 is 33.2 Å². The minimum absolute atomic E-state index is 0.0668. The first kappa shape index (κ1) is 28.6. The quantitative estimate of drug-likeness (QED) is 0.421. The van der Waals surface area contributed by atoms with Gasteiger partial charge in [-0.1, -0.05) is 29.8 Å². The maximum atomic E-state index is 13.3. The summed E-state index contributed by atoms with van der Waals surface area (Å²) in [7, 11) is -3.84. The molecule has 0 spiro atoms. The number of hydrogen-bond donors (Lipinski definition) is 2. The first-order valence-corrected chi connectivity index (χ1v) is 17.0. The molecule has 220 valence electrons. The van der Waals surface area contributed by atoms with Crippen molar-refractivity contribution in [1.29, 1.82) is 0 Å². The van der Waals surface area contributed by atoms with Crippen molar-refractivity contribution < 1.29 is 23.1 Å². The Morgan fingerprint density at radius 3 is 2.59 bits per heavy atom. The van der Waals surface area contributed by atoms with Crippen molar-refractivity contribution in [2.45, 2.75) is 64.1 Å². The molecule has 2 heterocycles. The zero-order valence-corrected chi connectivity index (χ0v) is 24.9. The Hall–Kier alpha value is -2.55. The minimum Gasteiger partial charge on any atom is -0.487 e. The molecule has 41 heavy (non-hydrogen) atoms. The SMILES string of the molecule is O=C1NS(=O)(=O)CC(C2CC2)C/C=C/C(O)[C@@H]2CC[C@H]2CN2CCCCc3cc(Cl)ccc3COc3ccc1cc32. The monoisotopic (exact) mass is 598 g/mol. The Kier molecular flexibility index (Phi) is 8.35. The van der Waals surface area contributed by atoms with Crippen molar-refractivity contribution in [1.82, 2.24) is 4.72 Å². The van der Waals surface area contributed by atoms with Gasteiger partial charge in [-0.05, 0) is 116 Å². The van der Waals surface area contributed by atoms with Gasteiger partial charge in [0.1, 0.15) is 12.4 Å². The fraction of sp³-hybridized carbons (Fsp3) is 0.531. The summed E-state index contributed by atoms with van der Waals surface area (Å²) in [6.45, 7) is 1.86. The number of hydrogen-bond acceptors (Lipinski definition) is 6. The van der Waals surface area contributed by atoms with Crippen LogP contribution in [0.25, 0.3) is 0 Å². The fourth-order valence-electron chi connectivity index (χ4n) is 6.66. The molecule has 2 N–H and O–H groups in total. The molecule has 0 saturated heterocycles. The lowest BCUT2D eigenvalue weighted by atomic mass is 9.70. The van der Waals surface area contributed by atoms with E-state index in [9.17, 15) is 18.3 Å². The summed E-state index contributed by atoms with van der Waals surface area (Å²) in [6.07, 6.45) is 10.7. The van der Waals surface area contributed by atoms with E-state index in [0.29, 0.717) is 41.2 Å². The summed E-state index contributed by atoms with van der Waals surface area (Å²) in [5.74, 6) is 0.688. The Bertz CT molecular complexity index is 1420. The number of sulfonamides is 1. The maximum Gasteiger partial charge on any atom is 0.264 e. The number of fused-ring (bicyclic) bond motifs is 3. The van der Waals surface area contributed by atoms with Crippen molar-refractivity contribution in [3.63, 3.8) is 0 Å². The number of aliphatic hydroxyl groups excluding tert-OH is 1. The molecule has 2 aliphatic heterocycles. The van der Waals surface area contributed by atoms with Crippen molar-refractivity contribution in [2.75, 3.05) is 23.7 Å². The molecule has 2 aliphatic carbocycles. The van der Waals surface area contributed by atoms with Crippen molar-refractivity contribution in [3.05, 3.63) is 70.3 Å². The molecule has 2 aromatic carbocycles. The van der Waals surface area contributed by atoms with E-state index in [1.165, 1.54) is 5.56 Å². The fourth-order valence-corrected chi connectivity index (χ4v) is 8.31. The average Bonchev–Trinajstić information content (AvgIpc) is 3.75. The molecular formula is C32H39ClN2O5S. The molecular weight excluding hydrogens is 560 g/mol. The number of aryl methyl sites for hydroxylation is 1. The molecule has 4 atom stereocenters. The molecule has 1 amide bonds. The van der Waals surface area contributed by atoms with Gasteiger partial charge >= 0.3 is 0 Å². The first-order valence-electron chi connectivity index (χ1n) is 14.9. The van der Waals surface area contributed by atoms with Gasteiger partial charge in [-0.3, -0.25) is 4.79 Å². The molecule has 2 fully saturated rings. The van der Waals surface area contributed by atoms with E-state index in [-0.39, 0.29) is 17.6 Å². The van der Waals surface area contributed by atoms with Gasteiger partial charge in [0.2, 0.25) is 10.0 Å². The van der Waals surface area contributed by atoms with Crippen LogP contribution in [-0.2, 0) is 23.1 Å². The molecule has 7 nitrogen and oxygen atoms in total. The number of carbonyl (C=O) groups excluding carboxylic acids is 1. The lowest BCUT2D eigenvalue weighted by molar-refractivity contribution is 0.0461. The van der Waals surface area contributed by atoms with Gasteiger partial charge < -0.3 is 14.7 Å². The number of rotatable bonds is 1. The molecule has 0 aromatic heterocycles. The lowest BCUT2D eigenvalue weighted by Gasteiger charge is -2.42. The molecule has 2 bridgehead atoms. The molecule has 2 saturated carbocycles. The first-order chi connectivity index (χ1) is 19.8. The summed E-state index contributed by atoms with van der Waals surface area (Å²) < 4.78 is 34.9. The normalized spacial score (nSPS) is 29.4. The summed E-state index contributed by atoms with van der Waals surface area (Å²) in [5.41, 5.74) is 3.34. The van der Waals surface area contributed by atoms with Gasteiger partial charge in [0, 0.05) is 23.7 Å². The average molecular weight is 599 g/mol. The van der Waals surface area contributed by atoms with Crippen LogP contribution in [0.5, 0.6) is 5.75 Å². The van der Waals surface area contributed by atoms with E-state index in [0.717, 1.165) is 69.3 Å². The zero-order chi connectivity index (χ0) is 28.6. The summed E-state index contributed by atoms with van der Waals surface area (Å²) in [6, 6.07) is 11.1. The molecule has 9 heteroatoms. The third kappa shape index (κ3) is 6.76. The number of benzene rings is 2. The van der Waals surface area contributed by atoms with E-state index >= 15 is 0 Å². The standard InChI is InChI=1S/C32H39ClN2O5S/c33-27-12-9-25-19-40-31-14-11-23-17-29(31)35(15-2-1-4-22(25)16-27)18-24-10-13-28(24)30(36)6-3-5-26(21-7-8-21)20-41(38,39)34-32(23)37/h3,6,9,11-12,14,16-17,21,24,26,28,30,36H,1-2,4-5,7-8,10,13,15,18-20H2,(H,34,37)/b6-3+/t24-,26?,28+,30?/m0/s1. The van der Waals surface area contributed by atoms with Crippen LogP contribution in [0.15, 0.2) is 48.6 Å². The predicted molar refractivity (Wildman–Crippen MR) is 161 cm³/mol. The summed E-state index contributed by atoms with van der Waals surface area (Å²) in [4.78, 5) is 15.6. The van der Waals surface area contributed by atoms with Crippen LogP contribution in [-0.4, -0.2) is 44.4 Å². The number of allylic oxidation sites excluding steroid dienone is 1. The van der Waals surface area contributed by atoms with Gasteiger partial charge in [0.05, 0.1) is 17.5 Å². The molecule has 0 radical (unpaired) electrons. The molecule has 2 unspecified atom stereocenters. The number of nitrogens with zero attached hydrogens (tertiary/aromatic N) is 1.